The van der Waals surface area contributed by atoms with Crippen LogP contribution in [0.4, 0.5) is 0 Å². The Morgan fingerprint density at radius 3 is 3.08 bits per heavy atom. The molecule has 1 saturated heterocycles. The third-order valence-corrected chi connectivity index (χ3v) is 3.74. The molecule has 1 fully saturated rings. The van der Waals surface area contributed by atoms with Crippen molar-refractivity contribution in [2.75, 3.05) is 39.5 Å². The average molecular weight is 350 g/mol. The Balaban J connectivity index is 1.75. The van der Waals surface area contributed by atoms with Crippen molar-refractivity contribution in [2.45, 2.75) is 39.3 Å². The summed E-state index contributed by atoms with van der Waals surface area (Å²) in [7, 11) is 0. The van der Waals surface area contributed by atoms with E-state index in [1.807, 2.05) is 19.1 Å². The molecule has 1 aliphatic rings. The number of nitrogens with zero attached hydrogens (tertiary/aromatic N) is 2. The van der Waals surface area contributed by atoms with E-state index < -0.39 is 0 Å². The lowest BCUT2D eigenvalue weighted by molar-refractivity contribution is 0.0420. The highest BCUT2D eigenvalue weighted by molar-refractivity contribution is 5.79. The highest BCUT2D eigenvalue weighted by atomic mass is 16.5. The van der Waals surface area contributed by atoms with Gasteiger partial charge in [-0.3, -0.25) is 0 Å². The largest absolute Gasteiger partial charge is 0.478 e. The second kappa shape index (κ2) is 11.7. The Hall–Kier alpha value is -1.86. The zero-order chi connectivity index (χ0) is 17.7. The lowest BCUT2D eigenvalue weighted by Crippen LogP contribution is -2.38. The van der Waals surface area contributed by atoms with Crippen LogP contribution in [0.15, 0.2) is 23.3 Å². The molecule has 0 bridgehead atoms. The number of pyridine rings is 1. The van der Waals surface area contributed by atoms with Crippen LogP contribution in [0.5, 0.6) is 5.88 Å². The summed E-state index contributed by atoms with van der Waals surface area (Å²) in [6.45, 7) is 9.02. The SMILES string of the molecule is CCNC(=NCc1cccnc1OCC)NCCCOC1CCOC1. The molecule has 0 saturated carbocycles. The number of hydrogen-bond donors (Lipinski definition) is 2. The standard InChI is InChI=1S/C18H30N4O3/c1-3-19-18(21-10-6-11-25-16-8-12-23-14-16)22-13-15-7-5-9-20-17(15)24-4-2/h5,7,9,16H,3-4,6,8,10-14H2,1-2H3,(H2,19,21,22). The molecule has 0 spiro atoms. The molecule has 7 nitrogen and oxygen atoms in total. The zero-order valence-electron chi connectivity index (χ0n) is 15.3. The van der Waals surface area contributed by atoms with E-state index >= 15 is 0 Å². The molecule has 0 radical (unpaired) electrons. The first-order chi connectivity index (χ1) is 12.3. The van der Waals surface area contributed by atoms with Crippen LogP contribution in [0.3, 0.4) is 0 Å². The van der Waals surface area contributed by atoms with Crippen LogP contribution in [0.1, 0.15) is 32.3 Å². The Morgan fingerprint density at radius 1 is 1.40 bits per heavy atom. The van der Waals surface area contributed by atoms with Crippen LogP contribution < -0.4 is 15.4 Å². The molecule has 0 aliphatic carbocycles. The van der Waals surface area contributed by atoms with Crippen molar-refractivity contribution in [3.05, 3.63) is 23.9 Å². The number of rotatable bonds is 10. The smallest absolute Gasteiger partial charge is 0.218 e. The molecule has 25 heavy (non-hydrogen) atoms. The van der Waals surface area contributed by atoms with Crippen LogP contribution in [-0.4, -0.2) is 56.6 Å². The molecule has 2 heterocycles. The van der Waals surface area contributed by atoms with Crippen molar-refractivity contribution in [2.24, 2.45) is 4.99 Å². The van der Waals surface area contributed by atoms with Gasteiger partial charge >= 0.3 is 0 Å². The third kappa shape index (κ3) is 7.27. The van der Waals surface area contributed by atoms with Crippen LogP contribution in [0.2, 0.25) is 0 Å². The predicted molar refractivity (Wildman–Crippen MR) is 98.0 cm³/mol. The molecule has 2 N–H and O–H groups in total. The van der Waals surface area contributed by atoms with Gasteiger partial charge in [-0.05, 0) is 32.8 Å². The number of aromatic nitrogens is 1. The minimum absolute atomic E-state index is 0.268. The molecule has 1 atom stereocenters. The number of aliphatic imine (C=N–C) groups is 1. The fraction of sp³-hybridized carbons (Fsp3) is 0.667. The number of ether oxygens (including phenoxy) is 3. The molecule has 1 aromatic rings. The molecule has 140 valence electrons. The van der Waals surface area contributed by atoms with E-state index in [4.69, 9.17) is 14.2 Å². The molecule has 2 rings (SSSR count). The van der Waals surface area contributed by atoms with Crippen LogP contribution in [-0.2, 0) is 16.0 Å². The van der Waals surface area contributed by atoms with E-state index in [2.05, 4.69) is 27.5 Å². The second-order valence-corrected chi connectivity index (χ2v) is 5.73. The molecule has 0 amide bonds. The Morgan fingerprint density at radius 2 is 2.32 bits per heavy atom. The molecule has 1 unspecified atom stereocenters. The normalized spacial score (nSPS) is 17.5. The molecule has 7 heteroatoms. The predicted octanol–water partition coefficient (Wildman–Crippen LogP) is 1.73. The summed E-state index contributed by atoms with van der Waals surface area (Å²) < 4.78 is 16.6. The summed E-state index contributed by atoms with van der Waals surface area (Å²) >= 11 is 0. The minimum atomic E-state index is 0.268. The van der Waals surface area contributed by atoms with E-state index in [1.54, 1.807) is 6.20 Å². The maximum absolute atomic E-state index is 5.77. The maximum atomic E-state index is 5.77. The lowest BCUT2D eigenvalue weighted by Gasteiger charge is -2.13. The van der Waals surface area contributed by atoms with Gasteiger partial charge in [-0.1, -0.05) is 6.07 Å². The first-order valence-corrected chi connectivity index (χ1v) is 9.11. The van der Waals surface area contributed by atoms with Gasteiger partial charge in [-0.25, -0.2) is 9.98 Å². The summed E-state index contributed by atoms with van der Waals surface area (Å²) in [6.07, 6.45) is 3.93. The van der Waals surface area contributed by atoms with Gasteiger partial charge in [0.1, 0.15) is 0 Å². The van der Waals surface area contributed by atoms with Gasteiger partial charge in [-0.15, -0.1) is 0 Å². The Bertz CT molecular complexity index is 519. The van der Waals surface area contributed by atoms with Crippen molar-refractivity contribution in [3.8, 4) is 5.88 Å². The van der Waals surface area contributed by atoms with Gasteiger partial charge in [-0.2, -0.15) is 0 Å². The third-order valence-electron chi connectivity index (χ3n) is 3.74. The summed E-state index contributed by atoms with van der Waals surface area (Å²) in [5.74, 6) is 1.44. The quantitative estimate of drug-likeness (QED) is 0.380. The summed E-state index contributed by atoms with van der Waals surface area (Å²) in [5.41, 5.74) is 0.978. The summed E-state index contributed by atoms with van der Waals surface area (Å²) in [4.78, 5) is 8.87. The van der Waals surface area contributed by atoms with E-state index in [1.165, 1.54) is 0 Å². The van der Waals surface area contributed by atoms with Crippen molar-refractivity contribution < 1.29 is 14.2 Å². The van der Waals surface area contributed by atoms with E-state index in [9.17, 15) is 0 Å². The Kier molecular flexibility index (Phi) is 9.07. The Labute approximate surface area is 150 Å². The number of hydrogen-bond acceptors (Lipinski definition) is 5. The van der Waals surface area contributed by atoms with Crippen molar-refractivity contribution in [1.82, 2.24) is 15.6 Å². The molecule has 1 aromatic heterocycles. The van der Waals surface area contributed by atoms with Gasteiger partial charge in [0, 0.05) is 38.1 Å². The van der Waals surface area contributed by atoms with Gasteiger partial charge in [0.05, 0.1) is 25.9 Å². The fourth-order valence-electron chi connectivity index (χ4n) is 2.49. The van der Waals surface area contributed by atoms with Gasteiger partial charge in [0.15, 0.2) is 5.96 Å². The van der Waals surface area contributed by atoms with E-state index in [-0.39, 0.29) is 6.10 Å². The molecule has 0 aromatic carbocycles. The monoisotopic (exact) mass is 350 g/mol. The van der Waals surface area contributed by atoms with Gasteiger partial charge in [0.25, 0.3) is 0 Å². The van der Waals surface area contributed by atoms with E-state index in [0.717, 1.165) is 57.3 Å². The second-order valence-electron chi connectivity index (χ2n) is 5.73. The van der Waals surface area contributed by atoms with Crippen LogP contribution >= 0.6 is 0 Å². The first-order valence-electron chi connectivity index (χ1n) is 9.11. The van der Waals surface area contributed by atoms with Crippen molar-refractivity contribution in [3.63, 3.8) is 0 Å². The summed E-state index contributed by atoms with van der Waals surface area (Å²) in [6, 6.07) is 3.89. The molecule has 1 aliphatic heterocycles. The lowest BCUT2D eigenvalue weighted by atomic mass is 10.3. The number of guanidine groups is 1. The summed E-state index contributed by atoms with van der Waals surface area (Å²) in [5, 5.41) is 6.59. The van der Waals surface area contributed by atoms with Crippen molar-refractivity contribution >= 4 is 5.96 Å². The van der Waals surface area contributed by atoms with E-state index in [0.29, 0.717) is 19.0 Å². The molecular weight excluding hydrogens is 320 g/mol. The molecular formula is C18H30N4O3. The maximum Gasteiger partial charge on any atom is 0.218 e. The topological polar surface area (TPSA) is 77.0 Å². The minimum Gasteiger partial charge on any atom is -0.478 e. The average Bonchev–Trinajstić information content (AvgIpc) is 3.14. The van der Waals surface area contributed by atoms with Crippen LogP contribution in [0.25, 0.3) is 0 Å². The van der Waals surface area contributed by atoms with Gasteiger partial charge in [0.2, 0.25) is 5.88 Å². The van der Waals surface area contributed by atoms with Crippen molar-refractivity contribution in [1.29, 1.82) is 0 Å². The highest BCUT2D eigenvalue weighted by Gasteiger charge is 2.15. The fourth-order valence-corrected chi connectivity index (χ4v) is 2.49. The first kappa shape index (κ1) is 19.5. The highest BCUT2D eigenvalue weighted by Crippen LogP contribution is 2.15. The number of nitrogens with one attached hydrogen (secondary N) is 2. The zero-order valence-corrected chi connectivity index (χ0v) is 15.3. The van der Waals surface area contributed by atoms with Gasteiger partial charge < -0.3 is 24.8 Å². The van der Waals surface area contributed by atoms with Crippen LogP contribution in [0, 0.1) is 0 Å².